The number of nitrogens with one attached hydrogen (secondary N) is 1. The van der Waals surface area contributed by atoms with Gasteiger partial charge in [-0.15, -0.1) is 0 Å². The van der Waals surface area contributed by atoms with Gasteiger partial charge < -0.3 is 14.8 Å². The molecule has 0 saturated heterocycles. The highest BCUT2D eigenvalue weighted by molar-refractivity contribution is 5.35. The fraction of sp³-hybridized carbons (Fsp3) is 0.318. The van der Waals surface area contributed by atoms with E-state index in [1.54, 1.807) is 0 Å². The van der Waals surface area contributed by atoms with Crippen molar-refractivity contribution in [3.63, 3.8) is 0 Å². The molecule has 140 valence electrons. The van der Waals surface area contributed by atoms with Crippen LogP contribution in [0, 0.1) is 0 Å². The lowest BCUT2D eigenvalue weighted by Gasteiger charge is -2.26. The van der Waals surface area contributed by atoms with Gasteiger partial charge in [0.05, 0.1) is 12.2 Å². The molecule has 1 aliphatic heterocycles. The highest BCUT2D eigenvalue weighted by Gasteiger charge is 2.22. The third kappa shape index (κ3) is 4.31. The molecule has 5 heteroatoms. The van der Waals surface area contributed by atoms with E-state index in [4.69, 9.17) is 14.6 Å². The zero-order valence-electron chi connectivity index (χ0n) is 15.6. The summed E-state index contributed by atoms with van der Waals surface area (Å²) in [6.07, 6.45) is 2.11. The standard InChI is InChI=1S/C22H25N3O2/c1-23-14-19-13-22(26-16-17-7-3-2-4-8-17)25(24-19)15-20-12-11-18-9-5-6-10-21(18)27-20/h2-10,13,20,23H,11-12,14-16H2,1H3. The van der Waals surface area contributed by atoms with Crippen molar-refractivity contribution in [2.75, 3.05) is 7.05 Å². The van der Waals surface area contributed by atoms with Gasteiger partial charge in [0.1, 0.15) is 18.5 Å². The molecule has 5 nitrogen and oxygen atoms in total. The molecule has 3 aromatic rings. The second kappa shape index (κ2) is 8.27. The summed E-state index contributed by atoms with van der Waals surface area (Å²) in [6, 6.07) is 20.5. The Hall–Kier alpha value is -2.79. The quantitative estimate of drug-likeness (QED) is 0.697. The number of hydrogen-bond donors (Lipinski definition) is 1. The molecule has 1 unspecified atom stereocenters. The average molecular weight is 363 g/mol. The van der Waals surface area contributed by atoms with Crippen molar-refractivity contribution in [3.8, 4) is 11.6 Å². The molecule has 2 heterocycles. The lowest BCUT2D eigenvalue weighted by atomic mass is 10.0. The molecule has 1 aliphatic rings. The number of hydrogen-bond acceptors (Lipinski definition) is 4. The summed E-state index contributed by atoms with van der Waals surface area (Å²) in [5.41, 5.74) is 3.39. The monoisotopic (exact) mass is 363 g/mol. The van der Waals surface area contributed by atoms with Crippen molar-refractivity contribution >= 4 is 0 Å². The summed E-state index contributed by atoms with van der Waals surface area (Å²) in [7, 11) is 1.92. The Morgan fingerprint density at radius 3 is 2.81 bits per heavy atom. The van der Waals surface area contributed by atoms with Crippen molar-refractivity contribution < 1.29 is 9.47 Å². The van der Waals surface area contributed by atoms with E-state index in [0.29, 0.717) is 19.7 Å². The van der Waals surface area contributed by atoms with E-state index in [2.05, 4.69) is 29.6 Å². The SMILES string of the molecule is CNCc1cc(OCc2ccccc2)n(CC2CCc3ccccc3O2)n1. The first-order valence-electron chi connectivity index (χ1n) is 9.44. The van der Waals surface area contributed by atoms with Gasteiger partial charge in [0, 0.05) is 12.6 Å². The largest absolute Gasteiger partial charge is 0.488 e. The van der Waals surface area contributed by atoms with Crippen LogP contribution in [-0.4, -0.2) is 22.9 Å². The van der Waals surface area contributed by atoms with Crippen LogP contribution in [0.25, 0.3) is 0 Å². The van der Waals surface area contributed by atoms with Crippen molar-refractivity contribution in [1.29, 1.82) is 0 Å². The Morgan fingerprint density at radius 1 is 1.15 bits per heavy atom. The first-order valence-corrected chi connectivity index (χ1v) is 9.44. The highest BCUT2D eigenvalue weighted by Crippen LogP contribution is 2.28. The lowest BCUT2D eigenvalue weighted by Crippen LogP contribution is -2.28. The van der Waals surface area contributed by atoms with Gasteiger partial charge in [-0.25, -0.2) is 4.68 Å². The van der Waals surface area contributed by atoms with Gasteiger partial charge in [0.2, 0.25) is 5.88 Å². The van der Waals surface area contributed by atoms with E-state index in [0.717, 1.165) is 35.7 Å². The first kappa shape index (κ1) is 17.6. The number of para-hydroxylation sites is 1. The van der Waals surface area contributed by atoms with Crippen LogP contribution in [0.4, 0.5) is 0 Å². The van der Waals surface area contributed by atoms with Gasteiger partial charge >= 0.3 is 0 Å². The Balaban J connectivity index is 1.47. The van der Waals surface area contributed by atoms with E-state index in [1.165, 1.54) is 5.56 Å². The maximum atomic E-state index is 6.19. The van der Waals surface area contributed by atoms with E-state index in [9.17, 15) is 0 Å². The lowest BCUT2D eigenvalue weighted by molar-refractivity contribution is 0.141. The zero-order valence-corrected chi connectivity index (χ0v) is 15.6. The molecular weight excluding hydrogens is 338 g/mol. The minimum atomic E-state index is 0.0984. The highest BCUT2D eigenvalue weighted by atomic mass is 16.5. The van der Waals surface area contributed by atoms with Crippen LogP contribution in [0.3, 0.4) is 0 Å². The molecule has 0 spiro atoms. The molecule has 1 atom stereocenters. The Bertz CT molecular complexity index is 876. The van der Waals surface area contributed by atoms with E-state index < -0.39 is 0 Å². The maximum absolute atomic E-state index is 6.19. The molecule has 0 fully saturated rings. The molecule has 4 rings (SSSR count). The number of aromatic nitrogens is 2. The second-order valence-electron chi connectivity index (χ2n) is 6.85. The fourth-order valence-corrected chi connectivity index (χ4v) is 3.40. The summed E-state index contributed by atoms with van der Waals surface area (Å²) in [6.45, 7) is 1.92. The van der Waals surface area contributed by atoms with E-state index in [-0.39, 0.29) is 6.10 Å². The third-order valence-electron chi connectivity index (χ3n) is 4.76. The van der Waals surface area contributed by atoms with Crippen LogP contribution >= 0.6 is 0 Å². The second-order valence-corrected chi connectivity index (χ2v) is 6.85. The van der Waals surface area contributed by atoms with Crippen LogP contribution < -0.4 is 14.8 Å². The van der Waals surface area contributed by atoms with Gasteiger partial charge in [-0.3, -0.25) is 0 Å². The molecule has 0 radical (unpaired) electrons. The number of rotatable bonds is 7. The van der Waals surface area contributed by atoms with Crippen molar-refractivity contribution in [2.24, 2.45) is 0 Å². The Labute approximate surface area is 159 Å². The molecule has 1 N–H and O–H groups in total. The van der Waals surface area contributed by atoms with Crippen LogP contribution in [0.1, 0.15) is 23.2 Å². The topological polar surface area (TPSA) is 48.3 Å². The van der Waals surface area contributed by atoms with Crippen LogP contribution in [0.2, 0.25) is 0 Å². The van der Waals surface area contributed by atoms with E-state index in [1.807, 2.05) is 48.1 Å². The molecule has 2 aromatic carbocycles. The minimum absolute atomic E-state index is 0.0984. The average Bonchev–Trinajstić information content (AvgIpc) is 3.08. The molecule has 1 aromatic heterocycles. The molecule has 27 heavy (non-hydrogen) atoms. The van der Waals surface area contributed by atoms with Gasteiger partial charge in [-0.05, 0) is 37.1 Å². The Kier molecular flexibility index (Phi) is 5.39. The smallest absolute Gasteiger partial charge is 0.212 e. The third-order valence-corrected chi connectivity index (χ3v) is 4.76. The molecule has 0 saturated carbocycles. The number of aryl methyl sites for hydroxylation is 1. The summed E-state index contributed by atoms with van der Waals surface area (Å²) in [5, 5.41) is 7.86. The number of fused-ring (bicyclic) bond motifs is 1. The van der Waals surface area contributed by atoms with E-state index >= 15 is 0 Å². The van der Waals surface area contributed by atoms with Crippen LogP contribution in [0.15, 0.2) is 60.7 Å². The summed E-state index contributed by atoms with van der Waals surface area (Å²) in [4.78, 5) is 0. The van der Waals surface area contributed by atoms with Crippen molar-refractivity contribution in [3.05, 3.63) is 77.5 Å². The summed E-state index contributed by atoms with van der Waals surface area (Å²) in [5.74, 6) is 1.77. The molecule has 0 bridgehead atoms. The van der Waals surface area contributed by atoms with Gasteiger partial charge in [-0.1, -0.05) is 48.5 Å². The summed E-state index contributed by atoms with van der Waals surface area (Å²) < 4.78 is 14.2. The summed E-state index contributed by atoms with van der Waals surface area (Å²) >= 11 is 0. The van der Waals surface area contributed by atoms with Crippen molar-refractivity contribution in [2.45, 2.75) is 38.6 Å². The van der Waals surface area contributed by atoms with Crippen LogP contribution in [-0.2, 0) is 26.1 Å². The van der Waals surface area contributed by atoms with Gasteiger partial charge in [-0.2, -0.15) is 5.10 Å². The Morgan fingerprint density at radius 2 is 1.96 bits per heavy atom. The first-order chi connectivity index (χ1) is 13.3. The van der Waals surface area contributed by atoms with Crippen LogP contribution in [0.5, 0.6) is 11.6 Å². The number of ether oxygens (including phenoxy) is 2. The molecule has 0 amide bonds. The zero-order chi connectivity index (χ0) is 18.5. The van der Waals surface area contributed by atoms with Gasteiger partial charge in [0.25, 0.3) is 0 Å². The normalized spacial score (nSPS) is 15.8. The van der Waals surface area contributed by atoms with Crippen molar-refractivity contribution in [1.82, 2.24) is 15.1 Å². The predicted molar refractivity (Wildman–Crippen MR) is 105 cm³/mol. The van der Waals surface area contributed by atoms with Gasteiger partial charge in [0.15, 0.2) is 0 Å². The minimum Gasteiger partial charge on any atom is -0.488 e. The molecular formula is C22H25N3O2. The molecule has 0 aliphatic carbocycles. The predicted octanol–water partition coefficient (Wildman–Crippen LogP) is 3.58. The maximum Gasteiger partial charge on any atom is 0.212 e. The number of benzene rings is 2. The number of nitrogens with zero attached hydrogens (tertiary/aromatic N) is 2. The fourth-order valence-electron chi connectivity index (χ4n) is 3.40.